The molecule has 0 aliphatic carbocycles. The normalized spacial score (nSPS) is 19.3. The molecule has 0 bridgehead atoms. The number of hydrogen-bond donors (Lipinski definition) is 0. The molecule has 25 heavy (non-hydrogen) atoms. The molecule has 3 rings (SSSR count). The molecular weight excluding hydrogens is 336 g/mol. The number of hydrogen-bond acceptors (Lipinski definition) is 3. The van der Waals surface area contributed by atoms with Crippen molar-refractivity contribution in [3.05, 3.63) is 53.1 Å². The molecule has 1 amide bonds. The zero-order valence-electron chi connectivity index (χ0n) is 15.0. The van der Waals surface area contributed by atoms with Gasteiger partial charge in [0.25, 0.3) is 0 Å². The first-order chi connectivity index (χ1) is 11.9. The number of fused-ring (bicyclic) bond motifs is 1. The quantitative estimate of drug-likeness (QED) is 0.799. The Balaban J connectivity index is 2.12. The highest BCUT2D eigenvalue weighted by Crippen LogP contribution is 2.43. The fourth-order valence-corrected chi connectivity index (χ4v) is 3.65. The van der Waals surface area contributed by atoms with Crippen LogP contribution in [0.2, 0.25) is 5.02 Å². The average molecular weight is 359 g/mol. The first-order valence-corrected chi connectivity index (χ1v) is 8.76. The van der Waals surface area contributed by atoms with Gasteiger partial charge in [0.15, 0.2) is 0 Å². The number of methoxy groups -OCH3 is 1. The van der Waals surface area contributed by atoms with Crippen LogP contribution in [0, 0.1) is 0 Å². The van der Waals surface area contributed by atoms with Crippen molar-refractivity contribution in [3.8, 4) is 5.75 Å². The fraction of sp³-hybridized carbons (Fsp3) is 0.350. The second-order valence-corrected chi connectivity index (χ2v) is 6.94. The molecule has 0 N–H and O–H groups in total. The highest BCUT2D eigenvalue weighted by Gasteiger charge is 2.34. The topological polar surface area (TPSA) is 32.8 Å². The molecule has 2 aromatic rings. The summed E-state index contributed by atoms with van der Waals surface area (Å²) in [6, 6.07) is 13.8. The van der Waals surface area contributed by atoms with E-state index in [2.05, 4.69) is 24.9 Å². The maximum atomic E-state index is 12.5. The molecule has 0 spiro atoms. The summed E-state index contributed by atoms with van der Waals surface area (Å²) in [6.45, 7) is 3.79. The van der Waals surface area contributed by atoms with Crippen LogP contribution in [0.15, 0.2) is 42.5 Å². The highest BCUT2D eigenvalue weighted by atomic mass is 35.5. The molecule has 132 valence electrons. The van der Waals surface area contributed by atoms with E-state index in [1.54, 1.807) is 14.0 Å². The summed E-state index contributed by atoms with van der Waals surface area (Å²) in [5, 5.41) is 0.658. The molecule has 0 aromatic heterocycles. The monoisotopic (exact) mass is 358 g/mol. The Morgan fingerprint density at radius 1 is 1.24 bits per heavy atom. The first kappa shape index (κ1) is 17.6. The summed E-state index contributed by atoms with van der Waals surface area (Å²) >= 11 is 6.02. The molecule has 4 nitrogen and oxygen atoms in total. The van der Waals surface area contributed by atoms with Gasteiger partial charge < -0.3 is 14.5 Å². The van der Waals surface area contributed by atoms with E-state index in [9.17, 15) is 4.79 Å². The molecule has 0 fully saturated rings. The van der Waals surface area contributed by atoms with Crippen molar-refractivity contribution in [2.45, 2.75) is 32.4 Å². The van der Waals surface area contributed by atoms with Crippen LogP contribution in [0.5, 0.6) is 5.75 Å². The first-order valence-electron chi connectivity index (χ1n) is 8.38. The van der Waals surface area contributed by atoms with Crippen molar-refractivity contribution in [1.82, 2.24) is 0 Å². The van der Waals surface area contributed by atoms with Gasteiger partial charge in [-0.05, 0) is 55.8 Å². The van der Waals surface area contributed by atoms with Gasteiger partial charge in [-0.1, -0.05) is 11.6 Å². The Hall–Kier alpha value is -2.20. The Morgan fingerprint density at radius 3 is 2.52 bits per heavy atom. The minimum Gasteiger partial charge on any atom is -0.497 e. The van der Waals surface area contributed by atoms with E-state index in [0.717, 1.165) is 29.1 Å². The lowest BCUT2D eigenvalue weighted by Crippen LogP contribution is -2.43. The van der Waals surface area contributed by atoms with Gasteiger partial charge in [-0.3, -0.25) is 4.79 Å². The molecule has 1 aliphatic heterocycles. The van der Waals surface area contributed by atoms with Crippen molar-refractivity contribution in [2.24, 2.45) is 0 Å². The number of nitrogens with zero attached hydrogens (tertiary/aromatic N) is 2. The lowest BCUT2D eigenvalue weighted by Gasteiger charge is -2.43. The molecule has 0 radical (unpaired) electrons. The van der Waals surface area contributed by atoms with Gasteiger partial charge in [-0.2, -0.15) is 0 Å². The third kappa shape index (κ3) is 3.31. The highest BCUT2D eigenvalue weighted by molar-refractivity contribution is 6.30. The van der Waals surface area contributed by atoms with Crippen LogP contribution in [0.3, 0.4) is 0 Å². The number of halogens is 1. The summed E-state index contributed by atoms with van der Waals surface area (Å²) in [4.78, 5) is 16.6. The van der Waals surface area contributed by atoms with E-state index in [4.69, 9.17) is 16.3 Å². The van der Waals surface area contributed by atoms with Gasteiger partial charge in [0.1, 0.15) is 5.75 Å². The number of ether oxygens (including phenoxy) is 1. The largest absolute Gasteiger partial charge is 0.497 e. The summed E-state index contributed by atoms with van der Waals surface area (Å²) in [6.07, 6.45) is 0.846. The third-order valence-corrected chi connectivity index (χ3v) is 5.21. The summed E-state index contributed by atoms with van der Waals surface area (Å²) in [5.41, 5.74) is 3.09. The van der Waals surface area contributed by atoms with Gasteiger partial charge in [0, 0.05) is 42.0 Å². The maximum absolute atomic E-state index is 12.5. The number of anilines is 2. The van der Waals surface area contributed by atoms with Crippen molar-refractivity contribution < 1.29 is 9.53 Å². The van der Waals surface area contributed by atoms with E-state index >= 15 is 0 Å². The maximum Gasteiger partial charge on any atom is 0.224 e. The average Bonchev–Trinajstić information content (AvgIpc) is 2.60. The minimum absolute atomic E-state index is 0.0119. The standard InChI is InChI=1S/C20H23ClN2O2/c1-13-11-20(18-12-17(25-4)9-10-19(18)22(13)3)23(14(2)24)16-7-5-15(21)6-8-16/h5-10,12-13,20H,11H2,1-4H3. The summed E-state index contributed by atoms with van der Waals surface area (Å²) in [7, 11) is 3.75. The predicted octanol–water partition coefficient (Wildman–Crippen LogP) is 4.67. The molecule has 2 aromatic carbocycles. The van der Waals surface area contributed by atoms with Gasteiger partial charge in [-0.25, -0.2) is 0 Å². The third-order valence-electron chi connectivity index (χ3n) is 4.95. The predicted molar refractivity (Wildman–Crippen MR) is 103 cm³/mol. The number of rotatable bonds is 3. The van der Waals surface area contributed by atoms with Crippen LogP contribution in [-0.2, 0) is 4.79 Å². The fourth-order valence-electron chi connectivity index (χ4n) is 3.52. The lowest BCUT2D eigenvalue weighted by atomic mass is 9.90. The van der Waals surface area contributed by atoms with Crippen LogP contribution in [0.4, 0.5) is 11.4 Å². The summed E-state index contributed by atoms with van der Waals surface area (Å²) in [5.74, 6) is 0.809. The van der Waals surface area contributed by atoms with Crippen LogP contribution in [-0.4, -0.2) is 26.1 Å². The van der Waals surface area contributed by atoms with Crippen LogP contribution >= 0.6 is 11.6 Å². The number of amides is 1. The Bertz CT molecular complexity index is 776. The van der Waals surface area contributed by atoms with Crippen LogP contribution in [0.1, 0.15) is 31.9 Å². The van der Waals surface area contributed by atoms with Gasteiger partial charge in [-0.15, -0.1) is 0 Å². The summed E-state index contributed by atoms with van der Waals surface area (Å²) < 4.78 is 5.41. The Labute approximate surface area is 154 Å². The van der Waals surface area contributed by atoms with E-state index in [-0.39, 0.29) is 11.9 Å². The SMILES string of the molecule is COc1ccc2c(c1)C(N(C(C)=O)c1ccc(Cl)cc1)CC(C)N2C. The van der Waals surface area contributed by atoms with E-state index in [1.807, 2.05) is 41.3 Å². The van der Waals surface area contributed by atoms with Crippen molar-refractivity contribution in [3.63, 3.8) is 0 Å². The number of benzene rings is 2. The van der Waals surface area contributed by atoms with E-state index in [1.165, 1.54) is 0 Å². The molecule has 1 heterocycles. The number of carbonyl (C=O) groups excluding carboxylic acids is 1. The van der Waals surface area contributed by atoms with Crippen molar-refractivity contribution in [1.29, 1.82) is 0 Å². The van der Waals surface area contributed by atoms with E-state index < -0.39 is 0 Å². The molecule has 0 saturated carbocycles. The molecule has 2 atom stereocenters. The zero-order chi connectivity index (χ0) is 18.1. The second-order valence-electron chi connectivity index (χ2n) is 6.50. The minimum atomic E-state index is -0.0463. The molecular formula is C20H23ClN2O2. The van der Waals surface area contributed by atoms with Gasteiger partial charge in [0.2, 0.25) is 5.91 Å². The second kappa shape index (κ2) is 6.96. The smallest absolute Gasteiger partial charge is 0.224 e. The van der Waals surface area contributed by atoms with Crippen molar-refractivity contribution >= 4 is 28.9 Å². The molecule has 2 unspecified atom stereocenters. The molecule has 5 heteroatoms. The number of carbonyl (C=O) groups is 1. The molecule has 1 aliphatic rings. The Kier molecular flexibility index (Phi) is 4.91. The van der Waals surface area contributed by atoms with E-state index in [0.29, 0.717) is 11.1 Å². The lowest BCUT2D eigenvalue weighted by molar-refractivity contribution is -0.117. The van der Waals surface area contributed by atoms with Crippen LogP contribution < -0.4 is 14.5 Å². The van der Waals surface area contributed by atoms with Gasteiger partial charge in [0.05, 0.1) is 13.2 Å². The molecule has 0 saturated heterocycles. The Morgan fingerprint density at radius 2 is 1.92 bits per heavy atom. The van der Waals surface area contributed by atoms with Gasteiger partial charge >= 0.3 is 0 Å². The van der Waals surface area contributed by atoms with Crippen LogP contribution in [0.25, 0.3) is 0 Å². The zero-order valence-corrected chi connectivity index (χ0v) is 15.7. The van der Waals surface area contributed by atoms with Crippen molar-refractivity contribution in [2.75, 3.05) is 24.0 Å².